The van der Waals surface area contributed by atoms with E-state index < -0.39 is 17.4 Å². The van der Waals surface area contributed by atoms with E-state index in [1.165, 1.54) is 4.90 Å². The summed E-state index contributed by atoms with van der Waals surface area (Å²) >= 11 is 12.6. The second kappa shape index (κ2) is 7.49. The number of hydrogen-bond donors (Lipinski definition) is 1. The van der Waals surface area contributed by atoms with Crippen molar-refractivity contribution in [1.29, 1.82) is 0 Å². The van der Waals surface area contributed by atoms with Crippen LogP contribution in [0.2, 0.25) is 10.0 Å². The van der Waals surface area contributed by atoms with Gasteiger partial charge in [0.05, 0.1) is 18.2 Å². The molecule has 0 aromatic heterocycles. The van der Waals surface area contributed by atoms with E-state index in [9.17, 15) is 14.7 Å². The molecule has 1 heterocycles. The number of carbonyl (C=O) groups excluding carboxylic acids is 2. The van der Waals surface area contributed by atoms with Crippen molar-refractivity contribution in [2.24, 2.45) is 5.92 Å². The third-order valence-electron chi connectivity index (χ3n) is 6.32. The molecule has 6 heteroatoms. The third-order valence-corrected chi connectivity index (χ3v) is 6.93. The number of Topliss-reactive ketones (excluding diaryl/α,β-unsaturated/α-hetero) is 1. The van der Waals surface area contributed by atoms with E-state index in [1.807, 2.05) is 30.3 Å². The van der Waals surface area contributed by atoms with Crippen molar-refractivity contribution >= 4 is 40.6 Å². The third kappa shape index (κ3) is 3.09. The van der Waals surface area contributed by atoms with Gasteiger partial charge >= 0.3 is 0 Å². The molecule has 1 aliphatic heterocycles. The van der Waals surface area contributed by atoms with Crippen LogP contribution in [-0.4, -0.2) is 16.8 Å². The van der Waals surface area contributed by atoms with E-state index in [1.54, 1.807) is 36.4 Å². The Hall–Kier alpha value is -2.66. The smallest absolute Gasteiger partial charge is 0.264 e. The number of aliphatic hydroxyl groups is 1. The van der Waals surface area contributed by atoms with Crippen LogP contribution in [0.4, 0.5) is 5.69 Å². The van der Waals surface area contributed by atoms with E-state index in [2.05, 4.69) is 0 Å². The first kappa shape index (κ1) is 20.3. The van der Waals surface area contributed by atoms with Gasteiger partial charge in [0.2, 0.25) is 0 Å². The molecular weight excluding hydrogens is 433 g/mol. The van der Waals surface area contributed by atoms with Crippen LogP contribution in [0.25, 0.3) is 0 Å². The van der Waals surface area contributed by atoms with Crippen LogP contribution in [0.5, 0.6) is 0 Å². The number of nitrogens with zero attached hydrogens (tertiary/aromatic N) is 1. The predicted molar refractivity (Wildman–Crippen MR) is 121 cm³/mol. The van der Waals surface area contributed by atoms with Gasteiger partial charge in [0.1, 0.15) is 0 Å². The molecule has 0 saturated heterocycles. The highest BCUT2D eigenvalue weighted by atomic mass is 35.5. The first-order chi connectivity index (χ1) is 14.9. The van der Waals surface area contributed by atoms with Gasteiger partial charge in [-0.05, 0) is 48.2 Å². The minimum atomic E-state index is -1.98. The largest absolute Gasteiger partial charge is 0.375 e. The van der Waals surface area contributed by atoms with Crippen molar-refractivity contribution in [2.75, 3.05) is 4.90 Å². The van der Waals surface area contributed by atoms with Gasteiger partial charge in [0.15, 0.2) is 11.4 Å². The van der Waals surface area contributed by atoms with E-state index >= 15 is 0 Å². The normalized spacial score (nSPS) is 22.4. The minimum Gasteiger partial charge on any atom is -0.375 e. The number of halogens is 2. The summed E-state index contributed by atoms with van der Waals surface area (Å²) in [4.78, 5) is 28.6. The van der Waals surface area contributed by atoms with Gasteiger partial charge in [-0.15, -0.1) is 0 Å². The first-order valence-corrected chi connectivity index (χ1v) is 10.9. The Morgan fingerprint density at radius 3 is 2.55 bits per heavy atom. The van der Waals surface area contributed by atoms with Crippen LogP contribution in [0.15, 0.2) is 66.7 Å². The number of hydrogen-bond acceptors (Lipinski definition) is 3. The molecule has 0 spiro atoms. The van der Waals surface area contributed by atoms with Crippen molar-refractivity contribution in [1.82, 2.24) is 0 Å². The molecule has 0 radical (unpaired) electrons. The molecule has 5 rings (SSSR count). The average molecular weight is 452 g/mol. The summed E-state index contributed by atoms with van der Waals surface area (Å²) < 4.78 is 0. The van der Waals surface area contributed by atoms with Gasteiger partial charge < -0.3 is 10.0 Å². The second-order valence-electron chi connectivity index (χ2n) is 8.02. The zero-order valence-corrected chi connectivity index (χ0v) is 18.0. The molecule has 2 aliphatic rings. The summed E-state index contributed by atoms with van der Waals surface area (Å²) in [5.41, 5.74) is 1.19. The number of carbonyl (C=O) groups is 2. The number of fused-ring (bicyclic) bond motifs is 2. The predicted octanol–water partition coefficient (Wildman–Crippen LogP) is 5.17. The quantitative estimate of drug-likeness (QED) is 0.597. The van der Waals surface area contributed by atoms with Crippen LogP contribution >= 0.6 is 23.2 Å². The molecule has 4 nitrogen and oxygen atoms in total. The molecule has 156 valence electrons. The van der Waals surface area contributed by atoms with Gasteiger partial charge in [-0.2, -0.15) is 0 Å². The Morgan fingerprint density at radius 2 is 1.74 bits per heavy atom. The van der Waals surface area contributed by atoms with Crippen LogP contribution in [0.1, 0.15) is 33.5 Å². The highest BCUT2D eigenvalue weighted by molar-refractivity contribution is 6.31. The van der Waals surface area contributed by atoms with Crippen molar-refractivity contribution in [3.05, 3.63) is 99.0 Å². The summed E-state index contributed by atoms with van der Waals surface area (Å²) in [7, 11) is 0. The standard InChI is InChI=1S/C25H19Cl2NO3/c26-17-10-12-22-20(13-17)25(31,19-11-9-15-5-1-3-7-18(15)23(19)29)24(30)28(22)14-16-6-2-4-8-21(16)27/h1-8,10,12-13,19,31H,9,11,14H2/t19-,25+/m1/s1. The van der Waals surface area contributed by atoms with Gasteiger partial charge in [0, 0.05) is 21.2 Å². The summed E-state index contributed by atoms with van der Waals surface area (Å²) in [6.45, 7) is 0.187. The molecule has 0 bridgehead atoms. The molecule has 1 aliphatic carbocycles. The molecule has 3 aromatic rings. The van der Waals surface area contributed by atoms with Crippen LogP contribution < -0.4 is 4.90 Å². The fraction of sp³-hybridized carbons (Fsp3) is 0.200. The molecule has 0 unspecified atom stereocenters. The maximum Gasteiger partial charge on any atom is 0.264 e. The Morgan fingerprint density at radius 1 is 1.00 bits per heavy atom. The SMILES string of the molecule is O=C1c2ccccc2CC[C@H]1[C@@]1(O)C(=O)N(Cc2ccccc2Cl)c2ccc(Cl)cc21. The van der Waals surface area contributed by atoms with E-state index in [4.69, 9.17) is 23.2 Å². The van der Waals surface area contributed by atoms with E-state index in [-0.39, 0.29) is 12.3 Å². The van der Waals surface area contributed by atoms with Crippen molar-refractivity contribution in [2.45, 2.75) is 25.0 Å². The first-order valence-electron chi connectivity index (χ1n) is 10.1. The molecule has 2 atom stereocenters. The maximum absolute atomic E-state index is 13.7. The average Bonchev–Trinajstić information content (AvgIpc) is 2.98. The van der Waals surface area contributed by atoms with Crippen LogP contribution in [0.3, 0.4) is 0 Å². The van der Waals surface area contributed by atoms with E-state index in [0.717, 1.165) is 11.1 Å². The number of aryl methyl sites for hydroxylation is 1. The second-order valence-corrected chi connectivity index (χ2v) is 8.87. The fourth-order valence-corrected chi connectivity index (χ4v) is 5.13. The lowest BCUT2D eigenvalue weighted by Gasteiger charge is -2.34. The molecule has 31 heavy (non-hydrogen) atoms. The molecule has 1 amide bonds. The highest BCUT2D eigenvalue weighted by Gasteiger charge is 2.57. The summed E-state index contributed by atoms with van der Waals surface area (Å²) in [6.07, 6.45) is 0.993. The Bertz CT molecular complexity index is 1220. The van der Waals surface area contributed by atoms with Crippen molar-refractivity contribution < 1.29 is 14.7 Å². The lowest BCUT2D eigenvalue weighted by atomic mass is 9.71. The van der Waals surface area contributed by atoms with E-state index in [0.29, 0.717) is 39.7 Å². The minimum absolute atomic E-state index is 0.187. The summed E-state index contributed by atoms with van der Waals surface area (Å²) in [6, 6.07) is 19.6. The number of rotatable bonds is 3. The number of ketones is 1. The van der Waals surface area contributed by atoms with Gasteiger partial charge in [-0.1, -0.05) is 65.7 Å². The topological polar surface area (TPSA) is 57.6 Å². The van der Waals surface area contributed by atoms with Gasteiger partial charge in [0.25, 0.3) is 5.91 Å². The van der Waals surface area contributed by atoms with Crippen molar-refractivity contribution in [3.63, 3.8) is 0 Å². The van der Waals surface area contributed by atoms with Crippen LogP contribution in [-0.2, 0) is 23.4 Å². The molecule has 0 fully saturated rings. The molecule has 3 aromatic carbocycles. The Labute approximate surface area is 190 Å². The highest BCUT2D eigenvalue weighted by Crippen LogP contribution is 2.49. The zero-order chi connectivity index (χ0) is 21.8. The Kier molecular flexibility index (Phi) is 4.89. The maximum atomic E-state index is 13.7. The van der Waals surface area contributed by atoms with Gasteiger partial charge in [-0.25, -0.2) is 0 Å². The van der Waals surface area contributed by atoms with Crippen molar-refractivity contribution in [3.8, 4) is 0 Å². The molecular formula is C25H19Cl2NO3. The number of benzene rings is 3. The zero-order valence-electron chi connectivity index (χ0n) is 16.5. The lowest BCUT2D eigenvalue weighted by molar-refractivity contribution is -0.140. The Balaban J connectivity index is 1.61. The summed E-state index contributed by atoms with van der Waals surface area (Å²) in [5, 5.41) is 12.8. The molecule has 1 N–H and O–H groups in total. The van der Waals surface area contributed by atoms with Gasteiger partial charge in [-0.3, -0.25) is 9.59 Å². The monoisotopic (exact) mass is 451 g/mol. The number of amides is 1. The fourth-order valence-electron chi connectivity index (χ4n) is 4.77. The molecule has 0 saturated carbocycles. The number of anilines is 1. The van der Waals surface area contributed by atoms with Crippen LogP contribution in [0, 0.1) is 5.92 Å². The lowest BCUT2D eigenvalue weighted by Crippen LogP contribution is -2.49. The summed E-state index contributed by atoms with van der Waals surface area (Å²) in [5.74, 6) is -1.63.